The second kappa shape index (κ2) is 6.23. The van der Waals surface area contributed by atoms with Gasteiger partial charge in [0.25, 0.3) is 0 Å². The van der Waals surface area contributed by atoms with Gasteiger partial charge >= 0.3 is 0 Å². The molecule has 3 nitrogen and oxygen atoms in total. The number of rotatable bonds is 6. The summed E-state index contributed by atoms with van der Waals surface area (Å²) >= 11 is 0. The van der Waals surface area contributed by atoms with Gasteiger partial charge in [0.15, 0.2) is 5.78 Å². The molecule has 0 atom stereocenters. The molecule has 1 aromatic carbocycles. The summed E-state index contributed by atoms with van der Waals surface area (Å²) in [7, 11) is 0. The van der Waals surface area contributed by atoms with E-state index in [0.717, 1.165) is 29.2 Å². The molecule has 2 aromatic rings. The maximum atomic E-state index is 11.7. The lowest BCUT2D eigenvalue weighted by atomic mass is 10.1. The van der Waals surface area contributed by atoms with Crippen LogP contribution in [-0.4, -0.2) is 5.78 Å². The number of hydrogen-bond acceptors (Lipinski definition) is 3. The number of nitrogens with one attached hydrogen (secondary N) is 1. The summed E-state index contributed by atoms with van der Waals surface area (Å²) in [6.07, 6.45) is 1.50. The van der Waals surface area contributed by atoms with Gasteiger partial charge in [-0.05, 0) is 49.7 Å². The minimum Gasteiger partial charge on any atom is -0.465 e. The highest BCUT2D eigenvalue weighted by Gasteiger charge is 2.04. The van der Waals surface area contributed by atoms with E-state index in [2.05, 4.69) is 5.32 Å². The molecule has 2 rings (SSSR count). The molecule has 0 radical (unpaired) electrons. The average Bonchev–Trinajstić information content (AvgIpc) is 2.83. The first-order valence-electron chi connectivity index (χ1n) is 6.61. The van der Waals surface area contributed by atoms with Crippen molar-refractivity contribution >= 4 is 11.5 Å². The molecule has 0 aliphatic carbocycles. The van der Waals surface area contributed by atoms with Gasteiger partial charge in [0.1, 0.15) is 11.5 Å². The van der Waals surface area contributed by atoms with Crippen molar-refractivity contribution in [1.29, 1.82) is 0 Å². The number of hydrogen-bond donors (Lipinski definition) is 1. The van der Waals surface area contributed by atoms with Crippen molar-refractivity contribution in [3.05, 3.63) is 53.5 Å². The van der Waals surface area contributed by atoms with Crippen molar-refractivity contribution in [2.45, 2.75) is 33.2 Å². The van der Waals surface area contributed by atoms with Crippen LogP contribution in [0.3, 0.4) is 0 Å². The predicted octanol–water partition coefficient (Wildman–Crippen LogP) is 4.18. The van der Waals surface area contributed by atoms with E-state index in [1.54, 1.807) is 0 Å². The van der Waals surface area contributed by atoms with Crippen molar-refractivity contribution in [3.63, 3.8) is 0 Å². The minimum atomic E-state index is 0.204. The van der Waals surface area contributed by atoms with Crippen LogP contribution in [0, 0.1) is 6.92 Å². The lowest BCUT2D eigenvalue weighted by Crippen LogP contribution is -2.00. The number of carbonyl (C=O) groups is 1. The largest absolute Gasteiger partial charge is 0.465 e. The Morgan fingerprint density at radius 3 is 2.47 bits per heavy atom. The first-order chi connectivity index (χ1) is 9.19. The summed E-state index contributed by atoms with van der Waals surface area (Å²) in [6, 6.07) is 11.5. The number of anilines is 1. The van der Waals surface area contributed by atoms with Crippen LogP contribution < -0.4 is 5.32 Å². The third kappa shape index (κ3) is 3.71. The van der Waals surface area contributed by atoms with E-state index in [1.165, 1.54) is 0 Å². The molecule has 0 aliphatic heterocycles. The molecule has 0 aliphatic rings. The predicted molar refractivity (Wildman–Crippen MR) is 76.5 cm³/mol. The van der Waals surface area contributed by atoms with Crippen molar-refractivity contribution in [1.82, 2.24) is 0 Å². The van der Waals surface area contributed by atoms with Gasteiger partial charge in [-0.1, -0.05) is 6.92 Å². The number of benzene rings is 1. The molecule has 0 saturated carbocycles. The number of furan rings is 1. The number of carbonyl (C=O) groups excluding carboxylic acids is 1. The Hall–Kier alpha value is -2.03. The van der Waals surface area contributed by atoms with Crippen LogP contribution in [0.4, 0.5) is 5.69 Å². The Kier molecular flexibility index (Phi) is 4.39. The van der Waals surface area contributed by atoms with Crippen molar-refractivity contribution in [3.8, 4) is 0 Å². The van der Waals surface area contributed by atoms with Gasteiger partial charge in [-0.3, -0.25) is 4.79 Å². The van der Waals surface area contributed by atoms with Gasteiger partial charge in [-0.15, -0.1) is 0 Å². The van der Waals surface area contributed by atoms with Crippen LogP contribution in [0.25, 0.3) is 0 Å². The van der Waals surface area contributed by atoms with E-state index in [9.17, 15) is 4.79 Å². The van der Waals surface area contributed by atoms with E-state index in [1.807, 2.05) is 50.2 Å². The second-order valence-corrected chi connectivity index (χ2v) is 4.62. The van der Waals surface area contributed by atoms with Crippen LogP contribution in [0.1, 0.15) is 41.6 Å². The Labute approximate surface area is 113 Å². The zero-order valence-electron chi connectivity index (χ0n) is 11.4. The SMILES string of the molecule is CCCC(=O)c1ccc(NCc2ccc(C)o2)cc1. The van der Waals surface area contributed by atoms with Crippen molar-refractivity contribution < 1.29 is 9.21 Å². The van der Waals surface area contributed by atoms with Gasteiger partial charge in [0.05, 0.1) is 6.54 Å². The Morgan fingerprint density at radius 2 is 1.89 bits per heavy atom. The van der Waals surface area contributed by atoms with E-state index >= 15 is 0 Å². The van der Waals surface area contributed by atoms with Gasteiger partial charge in [0, 0.05) is 17.7 Å². The van der Waals surface area contributed by atoms with E-state index in [0.29, 0.717) is 13.0 Å². The molecule has 1 heterocycles. The molecule has 19 heavy (non-hydrogen) atoms. The normalized spacial score (nSPS) is 10.4. The lowest BCUT2D eigenvalue weighted by Gasteiger charge is -2.05. The van der Waals surface area contributed by atoms with Crippen molar-refractivity contribution in [2.75, 3.05) is 5.32 Å². The summed E-state index contributed by atoms with van der Waals surface area (Å²) in [5.41, 5.74) is 1.77. The number of Topliss-reactive ketones (excluding diaryl/α,β-unsaturated/α-hetero) is 1. The standard InChI is InChI=1S/C16H19NO2/c1-3-4-16(18)13-6-8-14(9-7-13)17-11-15-10-5-12(2)19-15/h5-10,17H,3-4,11H2,1-2H3. The van der Waals surface area contributed by atoms with E-state index in [4.69, 9.17) is 4.42 Å². The van der Waals surface area contributed by atoms with Crippen LogP contribution in [-0.2, 0) is 6.54 Å². The molecule has 0 unspecified atom stereocenters. The third-order valence-corrected chi connectivity index (χ3v) is 2.95. The fraction of sp³-hybridized carbons (Fsp3) is 0.312. The lowest BCUT2D eigenvalue weighted by molar-refractivity contribution is 0.0982. The molecule has 0 amide bonds. The van der Waals surface area contributed by atoms with Gasteiger partial charge in [-0.25, -0.2) is 0 Å². The summed E-state index contributed by atoms with van der Waals surface area (Å²) in [4.78, 5) is 11.7. The highest BCUT2D eigenvalue weighted by Crippen LogP contribution is 2.14. The zero-order valence-corrected chi connectivity index (χ0v) is 11.4. The molecule has 3 heteroatoms. The maximum absolute atomic E-state index is 11.7. The van der Waals surface area contributed by atoms with Gasteiger partial charge in [0.2, 0.25) is 0 Å². The monoisotopic (exact) mass is 257 g/mol. The average molecular weight is 257 g/mol. The maximum Gasteiger partial charge on any atom is 0.162 e. The summed E-state index contributed by atoms with van der Waals surface area (Å²) in [5, 5.41) is 3.27. The molecule has 0 spiro atoms. The number of aryl methyl sites for hydroxylation is 1. The smallest absolute Gasteiger partial charge is 0.162 e. The van der Waals surface area contributed by atoms with Gasteiger partial charge < -0.3 is 9.73 Å². The van der Waals surface area contributed by atoms with Crippen LogP contribution >= 0.6 is 0 Å². The highest BCUT2D eigenvalue weighted by atomic mass is 16.3. The second-order valence-electron chi connectivity index (χ2n) is 4.62. The Balaban J connectivity index is 1.93. The van der Waals surface area contributed by atoms with Crippen LogP contribution in [0.15, 0.2) is 40.8 Å². The molecule has 1 N–H and O–H groups in total. The van der Waals surface area contributed by atoms with E-state index < -0.39 is 0 Å². The minimum absolute atomic E-state index is 0.204. The van der Waals surface area contributed by atoms with Crippen LogP contribution in [0.2, 0.25) is 0 Å². The molecule has 0 bridgehead atoms. The van der Waals surface area contributed by atoms with Crippen LogP contribution in [0.5, 0.6) is 0 Å². The van der Waals surface area contributed by atoms with E-state index in [-0.39, 0.29) is 5.78 Å². The first kappa shape index (κ1) is 13.4. The summed E-state index contributed by atoms with van der Waals surface area (Å²) < 4.78 is 5.48. The Morgan fingerprint density at radius 1 is 1.16 bits per heavy atom. The third-order valence-electron chi connectivity index (χ3n) is 2.95. The molecular weight excluding hydrogens is 238 g/mol. The quantitative estimate of drug-likeness (QED) is 0.789. The van der Waals surface area contributed by atoms with Gasteiger partial charge in [-0.2, -0.15) is 0 Å². The topological polar surface area (TPSA) is 42.2 Å². The molecule has 0 saturated heterocycles. The fourth-order valence-electron chi connectivity index (χ4n) is 1.91. The molecule has 1 aromatic heterocycles. The zero-order chi connectivity index (χ0) is 13.7. The molecule has 0 fully saturated rings. The Bertz CT molecular complexity index is 540. The summed E-state index contributed by atoms with van der Waals surface area (Å²) in [6.45, 7) is 4.59. The number of ketones is 1. The first-order valence-corrected chi connectivity index (χ1v) is 6.61. The van der Waals surface area contributed by atoms with Crippen molar-refractivity contribution in [2.24, 2.45) is 0 Å². The molecule has 100 valence electrons. The highest BCUT2D eigenvalue weighted by molar-refractivity contribution is 5.96. The molecular formula is C16H19NO2. The summed E-state index contributed by atoms with van der Waals surface area (Å²) in [5.74, 6) is 2.02. The fourth-order valence-corrected chi connectivity index (χ4v) is 1.91.